The molecular weight excluding hydrogens is 489 g/mol. The summed E-state index contributed by atoms with van der Waals surface area (Å²) in [6.07, 6.45) is -4.41. The molecule has 0 aromatic heterocycles. The Hall–Kier alpha value is -3.84. The number of ether oxygens (including phenoxy) is 2. The van der Waals surface area contributed by atoms with Gasteiger partial charge in [0.1, 0.15) is 17.1 Å². The van der Waals surface area contributed by atoms with Crippen molar-refractivity contribution in [3.63, 3.8) is 0 Å². The van der Waals surface area contributed by atoms with Gasteiger partial charge >= 0.3 is 18.2 Å². The largest absolute Gasteiger partial charge is 0.456 e. The van der Waals surface area contributed by atoms with Gasteiger partial charge in [-0.1, -0.05) is 22.7 Å². The second kappa shape index (κ2) is 11.3. The maximum absolute atomic E-state index is 12.8. The lowest BCUT2D eigenvalue weighted by Gasteiger charge is -2.17. The summed E-state index contributed by atoms with van der Waals surface area (Å²) in [6, 6.07) is 5.18. The third kappa shape index (κ3) is 6.83. The maximum Gasteiger partial charge on any atom is 0.437 e. The summed E-state index contributed by atoms with van der Waals surface area (Å²) in [5, 5.41) is 11.4. The molecule has 14 heteroatoms. The molecule has 0 unspecified atom stereocenters. The monoisotopic (exact) mass is 504 g/mol. The van der Waals surface area contributed by atoms with Crippen molar-refractivity contribution < 1.29 is 47.0 Å². The Kier molecular flexibility index (Phi) is 8.81. The third-order valence-electron chi connectivity index (χ3n) is 3.84. The molecule has 0 radical (unpaired) electrons. The molecule has 0 aliphatic heterocycles. The highest BCUT2D eigenvalue weighted by atomic mass is 35.5. The Bertz CT molecular complexity index is 1090. The molecule has 0 saturated heterocycles. The zero-order valence-corrected chi connectivity index (χ0v) is 18.1. The molecule has 0 fully saturated rings. The molecular formula is C20H16ClF3N2O8. The van der Waals surface area contributed by atoms with Crippen LogP contribution in [0.4, 0.5) is 23.7 Å². The maximum atomic E-state index is 12.8. The van der Waals surface area contributed by atoms with E-state index in [0.717, 1.165) is 30.3 Å². The molecule has 2 aromatic carbocycles. The lowest BCUT2D eigenvalue weighted by Crippen LogP contribution is -2.33. The van der Waals surface area contributed by atoms with Gasteiger partial charge in [-0.3, -0.25) is 15.0 Å². The first-order valence-electron chi connectivity index (χ1n) is 9.25. The molecule has 182 valence electrons. The molecule has 2 aromatic rings. The summed E-state index contributed by atoms with van der Waals surface area (Å²) in [7, 11) is 0. The van der Waals surface area contributed by atoms with Crippen LogP contribution in [0.2, 0.25) is 5.02 Å². The highest BCUT2D eigenvalue weighted by Gasteiger charge is 2.31. The molecule has 10 nitrogen and oxygen atoms in total. The second-order valence-corrected chi connectivity index (χ2v) is 6.58. The Balaban J connectivity index is 2.27. The van der Waals surface area contributed by atoms with Crippen LogP contribution < -0.4 is 4.74 Å². The number of carbonyl (C=O) groups excluding carboxylic acids is 2. The van der Waals surface area contributed by atoms with E-state index in [1.54, 1.807) is 0 Å². The minimum atomic E-state index is -4.63. The first kappa shape index (κ1) is 26.4. The predicted molar refractivity (Wildman–Crippen MR) is 110 cm³/mol. The van der Waals surface area contributed by atoms with Gasteiger partial charge in [0, 0.05) is 12.1 Å². The number of nitro groups is 1. The number of hydroxylamine groups is 2. The molecule has 0 N–H and O–H groups in total. The molecule has 0 aliphatic carbocycles. The van der Waals surface area contributed by atoms with Crippen molar-refractivity contribution in [2.45, 2.75) is 13.1 Å². The van der Waals surface area contributed by atoms with Gasteiger partial charge in [0.2, 0.25) is 0 Å². The lowest BCUT2D eigenvalue weighted by molar-refractivity contribution is -0.386. The number of hydrogen-bond acceptors (Lipinski definition) is 8. The van der Waals surface area contributed by atoms with Crippen LogP contribution in [0.15, 0.2) is 49.1 Å². The average molecular weight is 505 g/mol. The highest BCUT2D eigenvalue weighted by molar-refractivity contribution is 6.32. The number of nitrogens with zero attached hydrogens (tertiary/aromatic N) is 2. The molecule has 0 bridgehead atoms. The summed E-state index contributed by atoms with van der Waals surface area (Å²) in [5.74, 6) is -1.78. The summed E-state index contributed by atoms with van der Waals surface area (Å²) in [5.41, 5.74) is -2.36. The fourth-order valence-corrected chi connectivity index (χ4v) is 2.58. The molecule has 1 amide bonds. The molecule has 0 atom stereocenters. The number of halogens is 4. The van der Waals surface area contributed by atoms with E-state index < -0.39 is 45.0 Å². The molecule has 2 rings (SSSR count). The molecule has 34 heavy (non-hydrogen) atoms. The standard InChI is InChI=1S/C20H16ClF3N2O8/c1-3-9-25(19(28)31-4-2)34-33-18(27)14-11-13(6-7-16(14)26(29)30)32-17-8-5-12(10-15(17)21)20(22,23)24/h3,5-8,10-11H,1,4,9H2,2H3. The van der Waals surface area contributed by atoms with Crippen LogP contribution in [-0.2, 0) is 20.8 Å². The lowest BCUT2D eigenvalue weighted by atomic mass is 10.1. The van der Waals surface area contributed by atoms with Crippen molar-refractivity contribution in [1.82, 2.24) is 5.06 Å². The van der Waals surface area contributed by atoms with Gasteiger partial charge in [-0.2, -0.15) is 13.2 Å². The van der Waals surface area contributed by atoms with E-state index in [0.29, 0.717) is 11.1 Å². The van der Waals surface area contributed by atoms with Crippen molar-refractivity contribution >= 4 is 29.4 Å². The van der Waals surface area contributed by atoms with Crippen LogP contribution in [0.3, 0.4) is 0 Å². The van der Waals surface area contributed by atoms with E-state index in [9.17, 15) is 32.9 Å². The SMILES string of the molecule is C=CCN(OOC(=O)c1cc(Oc2ccc(C(F)(F)F)cc2Cl)ccc1[N+](=O)[O-])C(=O)OCC. The van der Waals surface area contributed by atoms with Gasteiger partial charge in [-0.15, -0.1) is 11.6 Å². The fourth-order valence-electron chi connectivity index (χ4n) is 2.36. The van der Waals surface area contributed by atoms with Crippen LogP contribution in [-0.4, -0.2) is 35.2 Å². The molecule has 0 aliphatic rings. The average Bonchev–Trinajstić information content (AvgIpc) is 2.77. The Morgan fingerprint density at radius 1 is 1.24 bits per heavy atom. The number of alkyl halides is 3. The zero-order valence-electron chi connectivity index (χ0n) is 17.3. The normalized spacial score (nSPS) is 10.9. The van der Waals surface area contributed by atoms with Crippen molar-refractivity contribution in [1.29, 1.82) is 0 Å². The zero-order chi connectivity index (χ0) is 25.5. The minimum absolute atomic E-state index is 0.0128. The van der Waals surface area contributed by atoms with Gasteiger partial charge < -0.3 is 9.47 Å². The number of amides is 1. The van der Waals surface area contributed by atoms with Crippen molar-refractivity contribution in [2.24, 2.45) is 0 Å². The van der Waals surface area contributed by atoms with E-state index in [-0.39, 0.29) is 24.7 Å². The Morgan fingerprint density at radius 2 is 1.94 bits per heavy atom. The van der Waals surface area contributed by atoms with E-state index in [1.807, 2.05) is 0 Å². The first-order chi connectivity index (χ1) is 16.0. The molecule has 0 saturated carbocycles. The minimum Gasteiger partial charge on any atom is -0.456 e. The van der Waals surface area contributed by atoms with Crippen LogP contribution in [0.25, 0.3) is 0 Å². The van der Waals surface area contributed by atoms with Gasteiger partial charge in [0.05, 0.1) is 28.7 Å². The van der Waals surface area contributed by atoms with Crippen LogP contribution in [0, 0.1) is 10.1 Å². The molecule has 0 heterocycles. The van der Waals surface area contributed by atoms with Crippen molar-refractivity contribution in [3.05, 3.63) is 75.3 Å². The number of benzene rings is 2. The Labute approximate surface area is 195 Å². The highest BCUT2D eigenvalue weighted by Crippen LogP contribution is 2.37. The van der Waals surface area contributed by atoms with Gasteiger partial charge in [-0.25, -0.2) is 9.59 Å². The quantitative estimate of drug-likeness (QED) is 0.184. The fraction of sp³-hybridized carbons (Fsp3) is 0.200. The summed E-state index contributed by atoms with van der Waals surface area (Å²) in [4.78, 5) is 43.7. The number of carbonyl (C=O) groups is 2. The van der Waals surface area contributed by atoms with Crippen LogP contribution >= 0.6 is 11.6 Å². The van der Waals surface area contributed by atoms with Crippen LogP contribution in [0.1, 0.15) is 22.8 Å². The Morgan fingerprint density at radius 3 is 2.50 bits per heavy atom. The number of nitro benzene ring substituents is 1. The summed E-state index contributed by atoms with van der Waals surface area (Å²) >= 11 is 5.84. The summed E-state index contributed by atoms with van der Waals surface area (Å²) in [6.45, 7) is 4.66. The van der Waals surface area contributed by atoms with Crippen molar-refractivity contribution in [2.75, 3.05) is 13.2 Å². The van der Waals surface area contributed by atoms with E-state index in [4.69, 9.17) is 21.1 Å². The van der Waals surface area contributed by atoms with Gasteiger partial charge in [-0.05, 0) is 31.2 Å². The number of rotatable bonds is 9. The summed E-state index contributed by atoms with van der Waals surface area (Å²) < 4.78 is 48.4. The number of hydrogen-bond donors (Lipinski definition) is 0. The van der Waals surface area contributed by atoms with Crippen molar-refractivity contribution in [3.8, 4) is 11.5 Å². The van der Waals surface area contributed by atoms with Gasteiger partial charge in [0.15, 0.2) is 0 Å². The van der Waals surface area contributed by atoms with Crippen LogP contribution in [0.5, 0.6) is 11.5 Å². The smallest absolute Gasteiger partial charge is 0.437 e. The third-order valence-corrected chi connectivity index (χ3v) is 4.14. The van der Waals surface area contributed by atoms with E-state index in [2.05, 4.69) is 16.5 Å². The second-order valence-electron chi connectivity index (χ2n) is 6.18. The van der Waals surface area contributed by atoms with E-state index in [1.165, 1.54) is 13.0 Å². The molecule has 0 spiro atoms. The topological polar surface area (TPSA) is 117 Å². The van der Waals surface area contributed by atoms with Gasteiger partial charge in [0.25, 0.3) is 5.69 Å². The predicted octanol–water partition coefficient (Wildman–Crippen LogP) is 5.71. The van der Waals surface area contributed by atoms with E-state index >= 15 is 0 Å². The first-order valence-corrected chi connectivity index (χ1v) is 9.62.